The number of thiazole rings is 1. The molecular weight excluding hydrogens is 396 g/mol. The third kappa shape index (κ3) is 4.76. The highest BCUT2D eigenvalue weighted by Gasteiger charge is 2.19. The molecule has 0 saturated heterocycles. The Balaban J connectivity index is 1.59. The van der Waals surface area contributed by atoms with Crippen LogP contribution in [0, 0.1) is 6.92 Å². The third-order valence-electron chi connectivity index (χ3n) is 4.00. The summed E-state index contributed by atoms with van der Waals surface area (Å²) in [5, 5.41) is 16.9. The summed E-state index contributed by atoms with van der Waals surface area (Å²) >= 11 is 2.64. The van der Waals surface area contributed by atoms with Crippen LogP contribution in [0.25, 0.3) is 0 Å². The highest BCUT2D eigenvalue weighted by molar-refractivity contribution is 7.99. The van der Waals surface area contributed by atoms with E-state index in [1.807, 2.05) is 39.1 Å². The Morgan fingerprint density at radius 3 is 2.79 bits per heavy atom. The Kier molecular flexibility index (Phi) is 6.42. The van der Waals surface area contributed by atoms with Crippen LogP contribution in [-0.4, -0.2) is 37.3 Å². The molecule has 2 aromatic heterocycles. The number of amides is 2. The maximum atomic E-state index is 12.5. The molecule has 3 rings (SSSR count). The van der Waals surface area contributed by atoms with Crippen LogP contribution in [0.15, 0.2) is 41.0 Å². The molecule has 0 bridgehead atoms. The van der Waals surface area contributed by atoms with Crippen molar-refractivity contribution in [1.29, 1.82) is 0 Å². The number of rotatable bonds is 7. The van der Waals surface area contributed by atoms with Crippen molar-refractivity contribution in [2.24, 2.45) is 7.05 Å². The fraction of sp³-hybridized carbons (Fsp3) is 0.278. The molecule has 2 amide bonds. The first-order valence-corrected chi connectivity index (χ1v) is 10.4. The van der Waals surface area contributed by atoms with E-state index in [0.29, 0.717) is 21.7 Å². The van der Waals surface area contributed by atoms with Crippen LogP contribution in [0.1, 0.15) is 34.7 Å². The van der Waals surface area contributed by atoms with E-state index in [1.54, 1.807) is 22.2 Å². The molecule has 0 radical (unpaired) electrons. The Bertz CT molecular complexity index is 970. The number of aromatic nitrogens is 4. The van der Waals surface area contributed by atoms with Crippen molar-refractivity contribution in [2.45, 2.75) is 25.0 Å². The summed E-state index contributed by atoms with van der Waals surface area (Å²) in [5.41, 5.74) is 1.54. The molecule has 1 aromatic carbocycles. The van der Waals surface area contributed by atoms with Crippen molar-refractivity contribution in [3.8, 4) is 0 Å². The number of benzene rings is 1. The normalized spacial score (nSPS) is 11.8. The second-order valence-electron chi connectivity index (χ2n) is 6.08. The summed E-state index contributed by atoms with van der Waals surface area (Å²) in [7, 11) is 1.81. The number of nitrogens with one attached hydrogen (secondary N) is 2. The first-order chi connectivity index (χ1) is 13.5. The van der Waals surface area contributed by atoms with Gasteiger partial charge in [0.1, 0.15) is 0 Å². The molecule has 2 heterocycles. The number of thioether (sulfide) groups is 1. The Hall–Kier alpha value is -2.72. The van der Waals surface area contributed by atoms with Crippen molar-refractivity contribution < 1.29 is 9.59 Å². The molecule has 0 fully saturated rings. The zero-order chi connectivity index (χ0) is 20.1. The van der Waals surface area contributed by atoms with Gasteiger partial charge < -0.3 is 15.2 Å². The summed E-state index contributed by atoms with van der Waals surface area (Å²) in [5.74, 6) is 0.482. The lowest BCUT2D eigenvalue weighted by Gasteiger charge is -2.14. The monoisotopic (exact) mass is 416 g/mol. The first-order valence-electron chi connectivity index (χ1n) is 8.53. The molecule has 10 heteroatoms. The van der Waals surface area contributed by atoms with Gasteiger partial charge in [-0.15, -0.1) is 21.5 Å². The Labute approximate surface area is 170 Å². The van der Waals surface area contributed by atoms with Crippen molar-refractivity contribution in [3.05, 3.63) is 52.8 Å². The number of anilines is 1. The van der Waals surface area contributed by atoms with E-state index in [-0.39, 0.29) is 23.6 Å². The molecule has 2 N–H and O–H groups in total. The number of hydrogen-bond acceptors (Lipinski definition) is 7. The summed E-state index contributed by atoms with van der Waals surface area (Å²) in [6.45, 7) is 3.75. The molecular formula is C18H20N6O2S2. The van der Waals surface area contributed by atoms with Crippen LogP contribution in [0.5, 0.6) is 0 Å². The van der Waals surface area contributed by atoms with E-state index < -0.39 is 0 Å². The minimum absolute atomic E-state index is 0.161. The summed E-state index contributed by atoms with van der Waals surface area (Å²) in [4.78, 5) is 28.5. The standard InChI is InChI=1S/C18H20N6O2S2/c1-11-6-4-5-7-13(11)16(26)20-12(2)15-22-23-18(24(15)3)28-10-14(25)21-17-19-8-9-27-17/h4-9,12H,10H2,1-3H3,(H,20,26)(H,19,21,25). The van der Waals surface area contributed by atoms with E-state index in [0.717, 1.165) is 5.56 Å². The van der Waals surface area contributed by atoms with E-state index in [1.165, 1.54) is 23.1 Å². The number of hydrogen-bond donors (Lipinski definition) is 2. The molecule has 1 unspecified atom stereocenters. The van der Waals surface area contributed by atoms with Crippen LogP contribution >= 0.6 is 23.1 Å². The van der Waals surface area contributed by atoms with Gasteiger partial charge >= 0.3 is 0 Å². The molecule has 146 valence electrons. The molecule has 8 nitrogen and oxygen atoms in total. The quantitative estimate of drug-likeness (QED) is 0.574. The van der Waals surface area contributed by atoms with Gasteiger partial charge in [-0.05, 0) is 25.5 Å². The van der Waals surface area contributed by atoms with Gasteiger partial charge in [-0.1, -0.05) is 30.0 Å². The Morgan fingerprint density at radius 2 is 2.07 bits per heavy atom. The third-order valence-corrected chi connectivity index (χ3v) is 5.71. The number of carbonyl (C=O) groups is 2. The minimum Gasteiger partial charge on any atom is -0.342 e. The highest BCUT2D eigenvalue weighted by atomic mass is 32.2. The number of carbonyl (C=O) groups excluding carboxylic acids is 2. The lowest BCUT2D eigenvalue weighted by atomic mass is 10.1. The second-order valence-corrected chi connectivity index (χ2v) is 7.92. The largest absolute Gasteiger partial charge is 0.342 e. The molecule has 1 atom stereocenters. The van der Waals surface area contributed by atoms with Crippen molar-refractivity contribution in [1.82, 2.24) is 25.1 Å². The predicted octanol–water partition coefficient (Wildman–Crippen LogP) is 2.80. The van der Waals surface area contributed by atoms with Gasteiger partial charge in [0.05, 0.1) is 11.8 Å². The van der Waals surface area contributed by atoms with Crippen LogP contribution < -0.4 is 10.6 Å². The SMILES string of the molecule is Cc1ccccc1C(=O)NC(C)c1nnc(SCC(=O)Nc2nccs2)n1C. The smallest absolute Gasteiger partial charge is 0.252 e. The van der Waals surface area contributed by atoms with E-state index >= 15 is 0 Å². The van der Waals surface area contributed by atoms with Crippen molar-refractivity contribution in [2.75, 3.05) is 11.1 Å². The maximum Gasteiger partial charge on any atom is 0.252 e. The second kappa shape index (κ2) is 8.98. The molecule has 3 aromatic rings. The molecule has 0 spiro atoms. The van der Waals surface area contributed by atoms with Gasteiger partial charge in [0.2, 0.25) is 5.91 Å². The van der Waals surface area contributed by atoms with Gasteiger partial charge in [-0.2, -0.15) is 0 Å². The van der Waals surface area contributed by atoms with Gasteiger partial charge in [0.25, 0.3) is 5.91 Å². The number of nitrogens with zero attached hydrogens (tertiary/aromatic N) is 4. The van der Waals surface area contributed by atoms with Crippen molar-refractivity contribution >= 4 is 40.0 Å². The first kappa shape index (κ1) is 20.0. The fourth-order valence-electron chi connectivity index (χ4n) is 2.57. The van der Waals surface area contributed by atoms with Crippen LogP contribution in [-0.2, 0) is 11.8 Å². The highest BCUT2D eigenvalue weighted by Crippen LogP contribution is 2.20. The van der Waals surface area contributed by atoms with Gasteiger partial charge in [0, 0.05) is 24.2 Å². The maximum absolute atomic E-state index is 12.5. The summed E-state index contributed by atoms with van der Waals surface area (Å²) < 4.78 is 1.78. The summed E-state index contributed by atoms with van der Waals surface area (Å²) in [6.07, 6.45) is 1.63. The van der Waals surface area contributed by atoms with Crippen LogP contribution in [0.3, 0.4) is 0 Å². The molecule has 0 aliphatic heterocycles. The van der Waals surface area contributed by atoms with Crippen LogP contribution in [0.4, 0.5) is 5.13 Å². The van der Waals surface area contributed by atoms with Crippen LogP contribution in [0.2, 0.25) is 0 Å². The average Bonchev–Trinajstić information content (AvgIpc) is 3.30. The van der Waals surface area contributed by atoms with E-state index in [9.17, 15) is 9.59 Å². The topological polar surface area (TPSA) is 102 Å². The average molecular weight is 417 g/mol. The zero-order valence-electron chi connectivity index (χ0n) is 15.7. The van der Waals surface area contributed by atoms with Gasteiger partial charge in [0.15, 0.2) is 16.1 Å². The predicted molar refractivity (Wildman–Crippen MR) is 110 cm³/mol. The lowest BCUT2D eigenvalue weighted by Crippen LogP contribution is -2.29. The van der Waals surface area contributed by atoms with E-state index in [4.69, 9.17) is 0 Å². The number of aryl methyl sites for hydroxylation is 1. The molecule has 0 saturated carbocycles. The van der Waals surface area contributed by atoms with Gasteiger partial charge in [-0.25, -0.2) is 4.98 Å². The van der Waals surface area contributed by atoms with E-state index in [2.05, 4.69) is 25.8 Å². The molecule has 0 aliphatic carbocycles. The lowest BCUT2D eigenvalue weighted by molar-refractivity contribution is -0.113. The zero-order valence-corrected chi connectivity index (χ0v) is 17.3. The summed E-state index contributed by atoms with van der Waals surface area (Å²) in [6, 6.07) is 7.08. The minimum atomic E-state index is -0.330. The van der Waals surface area contributed by atoms with Crippen molar-refractivity contribution in [3.63, 3.8) is 0 Å². The Morgan fingerprint density at radius 1 is 1.29 bits per heavy atom. The molecule has 28 heavy (non-hydrogen) atoms. The fourth-order valence-corrected chi connectivity index (χ4v) is 3.83. The van der Waals surface area contributed by atoms with Gasteiger partial charge in [-0.3, -0.25) is 9.59 Å². The molecule has 0 aliphatic rings.